The van der Waals surface area contributed by atoms with E-state index in [-0.39, 0.29) is 32.0 Å². The van der Waals surface area contributed by atoms with Gasteiger partial charge in [0.05, 0.1) is 31.5 Å². The lowest BCUT2D eigenvalue weighted by Crippen LogP contribution is -2.58. The fraction of sp³-hybridized carbons (Fsp3) is 0.475. The van der Waals surface area contributed by atoms with Crippen LogP contribution in [0.25, 0.3) is 22.2 Å². The molecule has 1 saturated carbocycles. The van der Waals surface area contributed by atoms with E-state index >= 15 is 0 Å². The molecule has 1 unspecified atom stereocenters. The summed E-state index contributed by atoms with van der Waals surface area (Å²) < 4.78 is 23.1. The normalized spacial score (nSPS) is 23.5. The predicted octanol–water partition coefficient (Wildman–Crippen LogP) is 6.16. The van der Waals surface area contributed by atoms with E-state index in [0.29, 0.717) is 35.6 Å². The second-order valence-electron chi connectivity index (χ2n) is 14.7. The number of hydrogen-bond donors (Lipinski definition) is 2. The molecule has 53 heavy (non-hydrogen) atoms. The molecule has 1 saturated heterocycles. The topological polar surface area (TPSA) is 149 Å². The number of fused-ring (bicyclic) bond motifs is 3. The number of methoxy groups -OCH3 is 1. The molecule has 4 amide bonds. The maximum atomic E-state index is 14.5. The molecule has 2 aliphatic heterocycles. The first-order valence-corrected chi connectivity index (χ1v) is 18.4. The van der Waals surface area contributed by atoms with Gasteiger partial charge in [-0.15, -0.1) is 0 Å². The lowest BCUT2D eigenvalue weighted by atomic mass is 10.1. The Bertz CT molecular complexity index is 1860. The molecule has 6 rings (SSSR count). The van der Waals surface area contributed by atoms with Crippen LogP contribution in [0.1, 0.15) is 66.2 Å². The molecule has 3 aliphatic rings. The second kappa shape index (κ2) is 15.7. The van der Waals surface area contributed by atoms with Gasteiger partial charge in [-0.3, -0.25) is 4.79 Å². The first-order valence-electron chi connectivity index (χ1n) is 18.4. The van der Waals surface area contributed by atoms with Crippen LogP contribution in [0.15, 0.2) is 66.7 Å². The molecule has 13 nitrogen and oxygen atoms in total. The third-order valence-corrected chi connectivity index (χ3v) is 9.63. The van der Waals surface area contributed by atoms with Crippen molar-refractivity contribution < 1.29 is 38.1 Å². The summed E-state index contributed by atoms with van der Waals surface area (Å²) in [4.78, 5) is 61.4. The van der Waals surface area contributed by atoms with Crippen molar-refractivity contribution in [2.24, 2.45) is 5.92 Å². The highest BCUT2D eigenvalue weighted by molar-refractivity contribution is 5.95. The van der Waals surface area contributed by atoms with E-state index in [2.05, 4.69) is 10.7 Å². The quantitative estimate of drug-likeness (QED) is 0.216. The number of carbonyl (C=O) groups excluding carboxylic acids is 4. The van der Waals surface area contributed by atoms with E-state index in [9.17, 15) is 19.2 Å². The highest BCUT2D eigenvalue weighted by Crippen LogP contribution is 2.46. The summed E-state index contributed by atoms with van der Waals surface area (Å²) in [5, 5.41) is 4.94. The van der Waals surface area contributed by atoms with Crippen LogP contribution in [0.3, 0.4) is 0 Å². The fourth-order valence-corrected chi connectivity index (χ4v) is 6.93. The van der Waals surface area contributed by atoms with Crippen molar-refractivity contribution in [3.05, 3.63) is 66.7 Å². The lowest BCUT2D eigenvalue weighted by molar-refractivity contribution is -0.149. The van der Waals surface area contributed by atoms with E-state index in [0.717, 1.165) is 30.2 Å². The summed E-state index contributed by atoms with van der Waals surface area (Å²) in [6.07, 6.45) is 6.11. The van der Waals surface area contributed by atoms with Crippen molar-refractivity contribution in [3.8, 4) is 22.8 Å². The van der Waals surface area contributed by atoms with Gasteiger partial charge in [-0.2, -0.15) is 0 Å². The average molecular weight is 728 g/mol. The molecule has 1 aromatic heterocycles. The van der Waals surface area contributed by atoms with E-state index < -0.39 is 47.3 Å². The number of nitrogens with one attached hydrogen (secondary N) is 2. The molecule has 0 radical (unpaired) electrons. The summed E-state index contributed by atoms with van der Waals surface area (Å²) in [5.74, 6) is -0.0750. The number of allylic oxidation sites excluding steroid dienone is 1. The van der Waals surface area contributed by atoms with Crippen LogP contribution in [-0.4, -0.2) is 89.0 Å². The van der Waals surface area contributed by atoms with Crippen LogP contribution in [-0.2, 0) is 19.1 Å². The molecule has 0 bridgehead atoms. The van der Waals surface area contributed by atoms with Crippen LogP contribution in [0.4, 0.5) is 9.59 Å². The molecule has 13 heteroatoms. The van der Waals surface area contributed by atoms with Crippen molar-refractivity contribution in [2.45, 2.75) is 89.5 Å². The zero-order valence-electron chi connectivity index (χ0n) is 31.1. The number of hydrazine groups is 1. The van der Waals surface area contributed by atoms with Gasteiger partial charge in [-0.05, 0) is 65.5 Å². The maximum Gasteiger partial charge on any atom is 0.426 e. The molecule has 3 aromatic rings. The van der Waals surface area contributed by atoms with E-state index in [4.69, 9.17) is 23.9 Å². The summed E-state index contributed by atoms with van der Waals surface area (Å²) in [6.45, 7) is 7.34. The molecule has 2 aromatic carbocycles. The molecule has 0 spiro atoms. The summed E-state index contributed by atoms with van der Waals surface area (Å²) in [6, 6.07) is 15.5. The minimum absolute atomic E-state index is 0.0276. The Labute approximate surface area is 309 Å². The number of amides is 4. The van der Waals surface area contributed by atoms with E-state index in [1.165, 1.54) is 9.91 Å². The maximum absolute atomic E-state index is 14.5. The van der Waals surface area contributed by atoms with Crippen molar-refractivity contribution in [1.82, 2.24) is 25.6 Å². The minimum atomic E-state index is -1.23. The Kier molecular flexibility index (Phi) is 11.1. The molecule has 4 atom stereocenters. The van der Waals surface area contributed by atoms with Gasteiger partial charge >= 0.3 is 18.1 Å². The van der Waals surface area contributed by atoms with Crippen LogP contribution in [0.5, 0.6) is 11.5 Å². The van der Waals surface area contributed by atoms with E-state index in [1.807, 2.05) is 66.7 Å². The van der Waals surface area contributed by atoms with Crippen LogP contribution in [0.2, 0.25) is 0 Å². The van der Waals surface area contributed by atoms with Crippen LogP contribution >= 0.6 is 0 Å². The minimum Gasteiger partial charge on any atom is -0.497 e. The molecule has 2 N–H and O–H groups in total. The van der Waals surface area contributed by atoms with Crippen molar-refractivity contribution in [2.75, 3.05) is 26.8 Å². The number of ether oxygens (including phenoxy) is 4. The highest BCUT2D eigenvalue weighted by atomic mass is 16.6. The van der Waals surface area contributed by atoms with Gasteiger partial charge in [0.15, 0.2) is 0 Å². The first-order chi connectivity index (χ1) is 25.4. The van der Waals surface area contributed by atoms with Crippen molar-refractivity contribution in [3.63, 3.8) is 0 Å². The Balaban J connectivity index is 1.35. The van der Waals surface area contributed by atoms with Crippen molar-refractivity contribution in [1.29, 1.82) is 0 Å². The highest BCUT2D eigenvalue weighted by Gasteiger charge is 2.62. The number of esters is 1. The number of aromatic nitrogens is 1. The number of pyridine rings is 1. The van der Waals surface area contributed by atoms with Gasteiger partial charge < -0.3 is 29.2 Å². The first kappa shape index (κ1) is 37.4. The monoisotopic (exact) mass is 727 g/mol. The van der Waals surface area contributed by atoms with Gasteiger partial charge in [-0.25, -0.2) is 29.8 Å². The number of rotatable bonds is 7. The Morgan fingerprint density at radius 1 is 1.06 bits per heavy atom. The summed E-state index contributed by atoms with van der Waals surface area (Å²) in [7, 11) is 1.59. The fourth-order valence-electron chi connectivity index (χ4n) is 6.93. The molecular weight excluding hydrogens is 678 g/mol. The molecule has 1 aliphatic carbocycles. The molecule has 2 fully saturated rings. The van der Waals surface area contributed by atoms with Gasteiger partial charge in [0.25, 0.3) is 0 Å². The van der Waals surface area contributed by atoms with Gasteiger partial charge in [-0.1, -0.05) is 48.9 Å². The Hall–Kier alpha value is -5.33. The van der Waals surface area contributed by atoms with Gasteiger partial charge in [0, 0.05) is 42.0 Å². The predicted molar refractivity (Wildman–Crippen MR) is 198 cm³/mol. The largest absolute Gasteiger partial charge is 0.497 e. The third kappa shape index (κ3) is 8.66. The average Bonchev–Trinajstić information content (AvgIpc) is 3.66. The SMILES string of the molecule is CCOC(=O)[C@@]12CC1C=CCCCCCN(NC(=O)OC(C)(C)C)C(=O)N1C[C@H](Oc3cc(-c4ccccc4)nc4cc(OC)ccc34)C[C@H]1C(=O)N2. The zero-order valence-corrected chi connectivity index (χ0v) is 31.1. The second-order valence-corrected chi connectivity index (χ2v) is 14.7. The molecule has 3 heterocycles. The lowest BCUT2D eigenvalue weighted by Gasteiger charge is -2.32. The number of urea groups is 1. The third-order valence-electron chi connectivity index (χ3n) is 9.63. The Morgan fingerprint density at radius 2 is 1.85 bits per heavy atom. The number of nitrogens with zero attached hydrogens (tertiary/aromatic N) is 3. The van der Waals surface area contributed by atoms with Gasteiger partial charge in [0.1, 0.15) is 34.8 Å². The number of hydrogen-bond acceptors (Lipinski definition) is 9. The van der Waals surface area contributed by atoms with Gasteiger partial charge in [0.2, 0.25) is 5.91 Å². The van der Waals surface area contributed by atoms with Crippen LogP contribution in [0, 0.1) is 5.92 Å². The summed E-state index contributed by atoms with van der Waals surface area (Å²) >= 11 is 0. The standard InChI is InChI=1S/C40H49N5O8/c1-6-51-36(47)40-24-27(40)17-13-8-7-9-14-20-45(43-37(48)53-39(2,3)4)38(49)44-25-29(22-33(44)35(46)42-40)52-34-23-31(26-15-11-10-12-16-26)41-32-21-28(50-5)18-19-30(32)34/h10-13,15-19,21,23,27,29,33H,6-9,14,20,22,24-25H2,1-5H3,(H,42,46)(H,43,48)/t27?,29-,33+,40-/m1/s1. The smallest absolute Gasteiger partial charge is 0.426 e. The number of benzene rings is 2. The summed E-state index contributed by atoms with van der Waals surface area (Å²) in [5.41, 5.74) is 2.82. The van der Waals surface area contributed by atoms with E-state index in [1.54, 1.807) is 34.8 Å². The molecular formula is C40H49N5O8. The number of carbonyl (C=O) groups is 4. The van der Waals surface area contributed by atoms with Crippen LogP contribution < -0.4 is 20.2 Å². The molecule has 282 valence electrons. The zero-order chi connectivity index (χ0) is 37.8. The Morgan fingerprint density at radius 3 is 2.58 bits per heavy atom. The van der Waals surface area contributed by atoms with Crippen molar-refractivity contribution >= 4 is 34.9 Å².